The summed E-state index contributed by atoms with van der Waals surface area (Å²) in [5.41, 5.74) is 2.95. The van der Waals surface area contributed by atoms with Crippen LogP contribution in [0.15, 0.2) is 18.3 Å². The molecule has 1 aliphatic heterocycles. The summed E-state index contributed by atoms with van der Waals surface area (Å²) >= 11 is 0. The molecule has 0 saturated carbocycles. The molecule has 0 amide bonds. The summed E-state index contributed by atoms with van der Waals surface area (Å²) in [6.45, 7) is 11.1. The highest BCUT2D eigenvalue weighted by Crippen LogP contribution is 2.21. The van der Waals surface area contributed by atoms with Crippen LogP contribution in [0.2, 0.25) is 0 Å². The van der Waals surface area contributed by atoms with E-state index in [1.165, 1.54) is 24.1 Å². The van der Waals surface area contributed by atoms with Gasteiger partial charge < -0.3 is 5.32 Å². The first-order chi connectivity index (χ1) is 9.23. The summed E-state index contributed by atoms with van der Waals surface area (Å²) in [6, 6.07) is 4.25. The molecule has 2 rings (SSSR count). The molecule has 1 N–H and O–H groups in total. The van der Waals surface area contributed by atoms with Gasteiger partial charge in [0.1, 0.15) is 0 Å². The number of aromatic nitrogens is 1. The highest BCUT2D eigenvalue weighted by Gasteiger charge is 2.31. The van der Waals surface area contributed by atoms with Crippen LogP contribution in [0, 0.1) is 0 Å². The van der Waals surface area contributed by atoms with Crippen molar-refractivity contribution in [3.63, 3.8) is 0 Å². The second-order valence-corrected chi connectivity index (χ2v) is 5.59. The Balaban J connectivity index is 2.06. The minimum Gasteiger partial charge on any atom is -0.309 e. The SMILES string of the molecule is CCc1cccnc1CN1CCNC(CC)(CC)C1. The van der Waals surface area contributed by atoms with E-state index in [4.69, 9.17) is 0 Å². The topological polar surface area (TPSA) is 28.2 Å². The standard InChI is InChI=1S/C16H27N3/c1-4-14-8-7-9-17-15(14)12-19-11-10-18-16(5-2,6-3)13-19/h7-9,18H,4-6,10-13H2,1-3H3. The van der Waals surface area contributed by atoms with Gasteiger partial charge in [0.2, 0.25) is 0 Å². The van der Waals surface area contributed by atoms with E-state index in [9.17, 15) is 0 Å². The van der Waals surface area contributed by atoms with Gasteiger partial charge in [-0.25, -0.2) is 0 Å². The van der Waals surface area contributed by atoms with E-state index < -0.39 is 0 Å². The molecule has 0 spiro atoms. The summed E-state index contributed by atoms with van der Waals surface area (Å²) in [5.74, 6) is 0. The van der Waals surface area contributed by atoms with Gasteiger partial charge >= 0.3 is 0 Å². The van der Waals surface area contributed by atoms with Gasteiger partial charge in [-0.1, -0.05) is 26.8 Å². The van der Waals surface area contributed by atoms with Crippen LogP contribution in [0.5, 0.6) is 0 Å². The van der Waals surface area contributed by atoms with Gasteiger partial charge in [-0.3, -0.25) is 9.88 Å². The lowest BCUT2D eigenvalue weighted by atomic mass is 9.90. The summed E-state index contributed by atoms with van der Waals surface area (Å²) in [7, 11) is 0. The number of pyridine rings is 1. The Bertz CT molecular complexity index is 399. The van der Waals surface area contributed by atoms with Crippen LogP contribution in [0.1, 0.15) is 44.9 Å². The van der Waals surface area contributed by atoms with Gasteiger partial charge in [0.25, 0.3) is 0 Å². The molecule has 1 aromatic heterocycles. The van der Waals surface area contributed by atoms with Crippen molar-refractivity contribution in [2.24, 2.45) is 0 Å². The summed E-state index contributed by atoms with van der Waals surface area (Å²) < 4.78 is 0. The zero-order chi connectivity index (χ0) is 13.7. The fourth-order valence-electron chi connectivity index (χ4n) is 3.05. The average molecular weight is 261 g/mol. The van der Waals surface area contributed by atoms with E-state index in [0.29, 0.717) is 5.54 Å². The first-order valence-electron chi connectivity index (χ1n) is 7.63. The Morgan fingerprint density at radius 2 is 2.11 bits per heavy atom. The fraction of sp³-hybridized carbons (Fsp3) is 0.688. The lowest BCUT2D eigenvalue weighted by Gasteiger charge is -2.43. The molecular weight excluding hydrogens is 234 g/mol. The summed E-state index contributed by atoms with van der Waals surface area (Å²) in [4.78, 5) is 7.14. The molecular formula is C16H27N3. The van der Waals surface area contributed by atoms with Crippen LogP contribution in [0.4, 0.5) is 0 Å². The Hall–Kier alpha value is -0.930. The monoisotopic (exact) mass is 261 g/mol. The summed E-state index contributed by atoms with van der Waals surface area (Å²) in [6.07, 6.45) is 5.39. The normalized spacial score (nSPS) is 19.5. The van der Waals surface area contributed by atoms with Crippen LogP contribution in [-0.2, 0) is 13.0 Å². The van der Waals surface area contributed by atoms with Gasteiger partial charge in [0, 0.05) is 37.9 Å². The summed E-state index contributed by atoms with van der Waals surface area (Å²) in [5, 5.41) is 3.71. The third kappa shape index (κ3) is 3.34. The second-order valence-electron chi connectivity index (χ2n) is 5.59. The molecule has 1 saturated heterocycles. The zero-order valence-electron chi connectivity index (χ0n) is 12.6. The molecule has 0 atom stereocenters. The smallest absolute Gasteiger partial charge is 0.0575 e. The molecule has 0 bridgehead atoms. The van der Waals surface area contributed by atoms with Gasteiger partial charge in [0.05, 0.1) is 5.69 Å². The molecule has 0 aliphatic carbocycles. The van der Waals surface area contributed by atoms with Gasteiger partial charge in [0.15, 0.2) is 0 Å². The Morgan fingerprint density at radius 1 is 1.32 bits per heavy atom. The number of aryl methyl sites for hydroxylation is 1. The van der Waals surface area contributed by atoms with E-state index in [1.807, 2.05) is 12.3 Å². The lowest BCUT2D eigenvalue weighted by molar-refractivity contribution is 0.117. The van der Waals surface area contributed by atoms with Crippen molar-refractivity contribution >= 4 is 0 Å². The molecule has 3 nitrogen and oxygen atoms in total. The molecule has 2 heterocycles. The number of rotatable bonds is 5. The molecule has 106 valence electrons. The van der Waals surface area contributed by atoms with Crippen molar-refractivity contribution in [1.29, 1.82) is 0 Å². The third-order valence-corrected chi connectivity index (χ3v) is 4.55. The maximum Gasteiger partial charge on any atom is 0.0575 e. The molecule has 1 fully saturated rings. The second kappa shape index (κ2) is 6.49. The molecule has 3 heteroatoms. The van der Waals surface area contributed by atoms with Crippen molar-refractivity contribution in [3.05, 3.63) is 29.6 Å². The van der Waals surface area contributed by atoms with E-state index in [1.54, 1.807) is 0 Å². The Labute approximate surface area is 117 Å². The van der Waals surface area contributed by atoms with Crippen LogP contribution in [-0.4, -0.2) is 35.1 Å². The molecule has 0 unspecified atom stereocenters. The first-order valence-corrected chi connectivity index (χ1v) is 7.63. The van der Waals surface area contributed by atoms with Crippen molar-refractivity contribution in [1.82, 2.24) is 15.2 Å². The van der Waals surface area contributed by atoms with Crippen LogP contribution < -0.4 is 5.32 Å². The number of hydrogen-bond acceptors (Lipinski definition) is 3. The van der Waals surface area contributed by atoms with Crippen molar-refractivity contribution in [2.45, 2.75) is 52.1 Å². The first kappa shape index (κ1) is 14.5. The molecule has 1 aromatic rings. The third-order valence-electron chi connectivity index (χ3n) is 4.55. The highest BCUT2D eigenvalue weighted by atomic mass is 15.2. The molecule has 19 heavy (non-hydrogen) atoms. The van der Waals surface area contributed by atoms with Gasteiger partial charge in [-0.2, -0.15) is 0 Å². The predicted octanol–water partition coefficient (Wildman–Crippen LogP) is 2.61. The van der Waals surface area contributed by atoms with E-state index in [2.05, 4.69) is 42.0 Å². The van der Waals surface area contributed by atoms with Crippen LogP contribution in [0.3, 0.4) is 0 Å². The number of nitrogens with zero attached hydrogens (tertiary/aromatic N) is 2. The van der Waals surface area contributed by atoms with E-state index in [0.717, 1.165) is 32.6 Å². The predicted molar refractivity (Wildman–Crippen MR) is 80.2 cm³/mol. The Kier molecular flexibility index (Phi) is 4.94. The number of piperazine rings is 1. The minimum atomic E-state index is 0.305. The van der Waals surface area contributed by atoms with E-state index >= 15 is 0 Å². The van der Waals surface area contributed by atoms with Crippen molar-refractivity contribution in [2.75, 3.05) is 19.6 Å². The van der Waals surface area contributed by atoms with Crippen molar-refractivity contribution < 1.29 is 0 Å². The molecule has 1 aliphatic rings. The number of nitrogens with one attached hydrogen (secondary N) is 1. The van der Waals surface area contributed by atoms with Crippen LogP contribution in [0.25, 0.3) is 0 Å². The maximum atomic E-state index is 4.58. The molecule has 0 radical (unpaired) electrons. The van der Waals surface area contributed by atoms with Crippen molar-refractivity contribution in [3.8, 4) is 0 Å². The Morgan fingerprint density at radius 3 is 2.79 bits per heavy atom. The van der Waals surface area contributed by atoms with Crippen LogP contribution >= 0.6 is 0 Å². The number of hydrogen-bond donors (Lipinski definition) is 1. The zero-order valence-corrected chi connectivity index (χ0v) is 12.6. The lowest BCUT2D eigenvalue weighted by Crippen LogP contribution is -2.59. The van der Waals surface area contributed by atoms with Gasteiger partial charge in [-0.15, -0.1) is 0 Å². The van der Waals surface area contributed by atoms with Gasteiger partial charge in [-0.05, 0) is 30.9 Å². The quantitative estimate of drug-likeness (QED) is 0.883. The van der Waals surface area contributed by atoms with E-state index in [-0.39, 0.29) is 0 Å². The largest absolute Gasteiger partial charge is 0.309 e. The average Bonchev–Trinajstić information content (AvgIpc) is 2.48. The minimum absolute atomic E-state index is 0.305. The highest BCUT2D eigenvalue weighted by molar-refractivity contribution is 5.19. The fourth-order valence-corrected chi connectivity index (χ4v) is 3.05. The molecule has 0 aromatic carbocycles. The maximum absolute atomic E-state index is 4.58.